The summed E-state index contributed by atoms with van der Waals surface area (Å²) in [4.78, 5) is 0. The summed E-state index contributed by atoms with van der Waals surface area (Å²) in [6.45, 7) is 6.86. The van der Waals surface area contributed by atoms with Gasteiger partial charge in [0.05, 0.1) is 0 Å². The molecule has 1 fully saturated rings. The average Bonchev–Trinajstić information content (AvgIpc) is 2.82. The van der Waals surface area contributed by atoms with E-state index >= 15 is 0 Å². The van der Waals surface area contributed by atoms with Crippen LogP contribution >= 0.6 is 0 Å². The van der Waals surface area contributed by atoms with Gasteiger partial charge in [0.2, 0.25) is 0 Å². The molecule has 0 spiro atoms. The first-order valence-electron chi connectivity index (χ1n) is 6.77. The Balaban J connectivity index is 2.02. The molecule has 17 heavy (non-hydrogen) atoms. The fraction of sp³-hybridized carbons (Fsp3) is 0.600. The van der Waals surface area contributed by atoms with E-state index in [9.17, 15) is 0 Å². The minimum absolute atomic E-state index is 0.501. The smallest absolute Gasteiger partial charge is 0.0325 e. The molecule has 94 valence electrons. The third kappa shape index (κ3) is 3.83. The zero-order valence-electron chi connectivity index (χ0n) is 10.9. The van der Waals surface area contributed by atoms with Crippen LogP contribution in [0.3, 0.4) is 0 Å². The van der Waals surface area contributed by atoms with E-state index in [0.717, 1.165) is 19.0 Å². The molecule has 0 bridgehead atoms. The minimum atomic E-state index is 0.501. The molecule has 2 heteroatoms. The summed E-state index contributed by atoms with van der Waals surface area (Å²) in [6, 6.07) is 12.0. The molecular weight excluding hydrogens is 208 g/mol. The van der Waals surface area contributed by atoms with Gasteiger partial charge in [-0.3, -0.25) is 0 Å². The van der Waals surface area contributed by atoms with E-state index in [1.54, 1.807) is 0 Å². The van der Waals surface area contributed by atoms with Crippen LogP contribution in [0.1, 0.15) is 38.3 Å². The van der Waals surface area contributed by atoms with E-state index in [-0.39, 0.29) is 0 Å². The van der Waals surface area contributed by atoms with E-state index in [2.05, 4.69) is 54.8 Å². The van der Waals surface area contributed by atoms with Crippen molar-refractivity contribution in [3.8, 4) is 0 Å². The van der Waals surface area contributed by atoms with Crippen molar-refractivity contribution in [1.82, 2.24) is 10.6 Å². The molecule has 1 aromatic carbocycles. The van der Waals surface area contributed by atoms with Gasteiger partial charge in [-0.25, -0.2) is 0 Å². The van der Waals surface area contributed by atoms with Crippen LogP contribution in [0.2, 0.25) is 0 Å². The van der Waals surface area contributed by atoms with Gasteiger partial charge in [-0.05, 0) is 30.9 Å². The summed E-state index contributed by atoms with van der Waals surface area (Å²) >= 11 is 0. The molecule has 2 N–H and O–H groups in total. The summed E-state index contributed by atoms with van der Waals surface area (Å²) in [5, 5.41) is 7.22. The second-order valence-corrected chi connectivity index (χ2v) is 5.45. The second kappa shape index (κ2) is 6.18. The lowest BCUT2D eigenvalue weighted by atomic mass is 9.96. The Morgan fingerprint density at radius 1 is 1.29 bits per heavy atom. The van der Waals surface area contributed by atoms with Gasteiger partial charge < -0.3 is 10.6 Å². The van der Waals surface area contributed by atoms with Crippen LogP contribution in [0, 0.1) is 5.92 Å². The maximum Gasteiger partial charge on any atom is 0.0325 e. The van der Waals surface area contributed by atoms with Gasteiger partial charge in [-0.2, -0.15) is 0 Å². The van der Waals surface area contributed by atoms with Crippen molar-refractivity contribution in [1.29, 1.82) is 0 Å². The maximum atomic E-state index is 3.80. The second-order valence-electron chi connectivity index (χ2n) is 5.45. The first-order chi connectivity index (χ1) is 8.25. The SMILES string of the molecule is CC(C)CC(NC1CCNC1)c1ccccc1. The Hall–Kier alpha value is -0.860. The topological polar surface area (TPSA) is 24.1 Å². The molecular formula is C15H24N2. The van der Waals surface area contributed by atoms with Crippen molar-refractivity contribution in [2.24, 2.45) is 5.92 Å². The van der Waals surface area contributed by atoms with E-state index in [1.165, 1.54) is 18.4 Å². The standard InChI is InChI=1S/C15H24N2/c1-12(2)10-15(13-6-4-3-5-7-13)17-14-8-9-16-11-14/h3-7,12,14-17H,8-11H2,1-2H3. The molecule has 0 amide bonds. The van der Waals surface area contributed by atoms with Crippen molar-refractivity contribution in [2.75, 3.05) is 13.1 Å². The predicted molar refractivity (Wildman–Crippen MR) is 73.0 cm³/mol. The van der Waals surface area contributed by atoms with Gasteiger partial charge in [0.15, 0.2) is 0 Å². The van der Waals surface area contributed by atoms with Gasteiger partial charge in [0, 0.05) is 18.6 Å². The lowest BCUT2D eigenvalue weighted by molar-refractivity contribution is 0.388. The molecule has 1 saturated heterocycles. The number of benzene rings is 1. The van der Waals surface area contributed by atoms with Crippen LogP contribution in [-0.4, -0.2) is 19.1 Å². The lowest BCUT2D eigenvalue weighted by Crippen LogP contribution is -2.35. The molecule has 0 aliphatic carbocycles. The molecule has 0 aromatic heterocycles. The first-order valence-corrected chi connectivity index (χ1v) is 6.77. The number of rotatable bonds is 5. The van der Waals surface area contributed by atoms with Crippen LogP contribution < -0.4 is 10.6 Å². The van der Waals surface area contributed by atoms with Crippen LogP contribution in [0.25, 0.3) is 0 Å². The lowest BCUT2D eigenvalue weighted by Gasteiger charge is -2.24. The van der Waals surface area contributed by atoms with Crippen molar-refractivity contribution in [3.63, 3.8) is 0 Å². The highest BCUT2D eigenvalue weighted by molar-refractivity contribution is 5.19. The minimum Gasteiger partial charge on any atom is -0.315 e. The predicted octanol–water partition coefficient (Wildman–Crippen LogP) is 2.73. The number of hydrogen-bond donors (Lipinski definition) is 2. The zero-order valence-corrected chi connectivity index (χ0v) is 10.9. The highest BCUT2D eigenvalue weighted by Crippen LogP contribution is 2.22. The largest absolute Gasteiger partial charge is 0.315 e. The van der Waals surface area contributed by atoms with Gasteiger partial charge in [0.1, 0.15) is 0 Å². The Morgan fingerprint density at radius 3 is 2.65 bits per heavy atom. The third-order valence-corrected chi connectivity index (χ3v) is 3.41. The van der Waals surface area contributed by atoms with Crippen molar-refractivity contribution in [3.05, 3.63) is 35.9 Å². The van der Waals surface area contributed by atoms with Crippen LogP contribution in [0.15, 0.2) is 30.3 Å². The quantitative estimate of drug-likeness (QED) is 0.815. The summed E-state index contributed by atoms with van der Waals surface area (Å²) in [5.74, 6) is 0.724. The summed E-state index contributed by atoms with van der Waals surface area (Å²) < 4.78 is 0. The summed E-state index contributed by atoms with van der Waals surface area (Å²) in [7, 11) is 0. The molecule has 1 aromatic rings. The molecule has 0 saturated carbocycles. The Labute approximate surface area is 105 Å². The van der Waals surface area contributed by atoms with Crippen LogP contribution in [0.5, 0.6) is 0 Å². The molecule has 1 heterocycles. The monoisotopic (exact) mass is 232 g/mol. The maximum absolute atomic E-state index is 3.80. The average molecular weight is 232 g/mol. The van der Waals surface area contributed by atoms with E-state index < -0.39 is 0 Å². The molecule has 2 atom stereocenters. The highest BCUT2D eigenvalue weighted by Gasteiger charge is 2.20. The van der Waals surface area contributed by atoms with E-state index in [4.69, 9.17) is 0 Å². The van der Waals surface area contributed by atoms with Crippen molar-refractivity contribution in [2.45, 2.75) is 38.8 Å². The van der Waals surface area contributed by atoms with Crippen molar-refractivity contribution >= 4 is 0 Å². The first kappa shape index (κ1) is 12.6. The van der Waals surface area contributed by atoms with Gasteiger partial charge in [-0.1, -0.05) is 44.2 Å². The molecule has 1 aliphatic heterocycles. The third-order valence-electron chi connectivity index (χ3n) is 3.41. The molecule has 0 radical (unpaired) electrons. The van der Waals surface area contributed by atoms with Crippen LogP contribution in [-0.2, 0) is 0 Å². The number of hydrogen-bond acceptors (Lipinski definition) is 2. The van der Waals surface area contributed by atoms with Crippen LogP contribution in [0.4, 0.5) is 0 Å². The fourth-order valence-corrected chi connectivity index (χ4v) is 2.54. The molecule has 1 aliphatic rings. The Bertz CT molecular complexity index is 315. The normalized spacial score (nSPS) is 21.9. The van der Waals surface area contributed by atoms with E-state index in [0.29, 0.717) is 12.1 Å². The Kier molecular flexibility index (Phi) is 4.57. The molecule has 2 nitrogen and oxygen atoms in total. The summed E-state index contributed by atoms with van der Waals surface area (Å²) in [5.41, 5.74) is 1.42. The van der Waals surface area contributed by atoms with Crippen molar-refractivity contribution < 1.29 is 0 Å². The fourth-order valence-electron chi connectivity index (χ4n) is 2.54. The Morgan fingerprint density at radius 2 is 2.06 bits per heavy atom. The summed E-state index contributed by atoms with van der Waals surface area (Å²) in [6.07, 6.45) is 2.46. The van der Waals surface area contributed by atoms with E-state index in [1.807, 2.05) is 0 Å². The zero-order chi connectivity index (χ0) is 12.1. The molecule has 2 rings (SSSR count). The number of nitrogens with one attached hydrogen (secondary N) is 2. The van der Waals surface area contributed by atoms with Gasteiger partial charge in [0.25, 0.3) is 0 Å². The highest BCUT2D eigenvalue weighted by atomic mass is 15.0. The molecule has 2 unspecified atom stereocenters. The van der Waals surface area contributed by atoms with Gasteiger partial charge >= 0.3 is 0 Å². The van der Waals surface area contributed by atoms with Gasteiger partial charge in [-0.15, -0.1) is 0 Å².